The molecule has 0 spiro atoms. The number of fused-ring (bicyclic) bond motifs is 1. The summed E-state index contributed by atoms with van der Waals surface area (Å²) in [6, 6.07) is 26.1. The van der Waals surface area contributed by atoms with Crippen molar-refractivity contribution in [1.29, 1.82) is 0 Å². The molecule has 0 saturated carbocycles. The number of carbonyl (C=O) groups is 2. The van der Waals surface area contributed by atoms with Gasteiger partial charge in [0.05, 0.1) is 5.52 Å². The lowest BCUT2D eigenvalue weighted by Crippen LogP contribution is -2.23. The summed E-state index contributed by atoms with van der Waals surface area (Å²) in [4.78, 5) is 29.3. The Morgan fingerprint density at radius 3 is 2.47 bits per heavy atom. The van der Waals surface area contributed by atoms with Gasteiger partial charge in [-0.1, -0.05) is 54.1 Å². The second-order valence-electron chi connectivity index (χ2n) is 7.09. The summed E-state index contributed by atoms with van der Waals surface area (Å²) in [5.74, 6) is -0.411. The van der Waals surface area contributed by atoms with Gasteiger partial charge < -0.3 is 10.6 Å². The van der Waals surface area contributed by atoms with Gasteiger partial charge in [0.25, 0.3) is 11.8 Å². The van der Waals surface area contributed by atoms with Crippen molar-refractivity contribution < 1.29 is 9.59 Å². The van der Waals surface area contributed by atoms with Crippen LogP contribution >= 0.6 is 0 Å². The second-order valence-corrected chi connectivity index (χ2v) is 7.09. The zero-order chi connectivity index (χ0) is 20.9. The fraction of sp³-hybridized carbons (Fsp3) is 0.0800. The average Bonchev–Trinajstić information content (AvgIpc) is 2.78. The molecule has 0 aliphatic heterocycles. The Morgan fingerprint density at radius 1 is 0.833 bits per heavy atom. The summed E-state index contributed by atoms with van der Waals surface area (Å²) >= 11 is 0. The first kappa shape index (κ1) is 19.3. The number of carbonyl (C=O) groups excluding carboxylic acids is 2. The van der Waals surface area contributed by atoms with Crippen LogP contribution in [0.3, 0.4) is 0 Å². The lowest BCUT2D eigenvalue weighted by Gasteiger charge is -2.09. The van der Waals surface area contributed by atoms with E-state index in [1.54, 1.807) is 18.2 Å². The van der Waals surface area contributed by atoms with Crippen LogP contribution in [-0.2, 0) is 6.54 Å². The fourth-order valence-electron chi connectivity index (χ4n) is 3.13. The summed E-state index contributed by atoms with van der Waals surface area (Å²) < 4.78 is 0. The highest BCUT2D eigenvalue weighted by Crippen LogP contribution is 2.14. The first-order chi connectivity index (χ1) is 14.6. The number of aromatic nitrogens is 1. The van der Waals surface area contributed by atoms with E-state index in [2.05, 4.69) is 15.6 Å². The number of pyridine rings is 1. The summed E-state index contributed by atoms with van der Waals surface area (Å²) in [6.45, 7) is 2.31. The molecule has 0 atom stereocenters. The van der Waals surface area contributed by atoms with Crippen molar-refractivity contribution in [2.75, 3.05) is 5.32 Å². The van der Waals surface area contributed by atoms with Crippen molar-refractivity contribution in [3.05, 3.63) is 107 Å². The Morgan fingerprint density at radius 2 is 1.63 bits per heavy atom. The Balaban J connectivity index is 1.40. The van der Waals surface area contributed by atoms with Crippen LogP contribution in [0.2, 0.25) is 0 Å². The highest BCUT2D eigenvalue weighted by molar-refractivity contribution is 6.04. The van der Waals surface area contributed by atoms with E-state index in [1.165, 1.54) is 0 Å². The molecule has 0 bridgehead atoms. The van der Waals surface area contributed by atoms with Crippen LogP contribution in [0.5, 0.6) is 0 Å². The molecule has 0 aliphatic rings. The van der Waals surface area contributed by atoms with E-state index in [4.69, 9.17) is 0 Å². The smallest absolute Gasteiger partial charge is 0.270 e. The first-order valence-corrected chi connectivity index (χ1v) is 9.69. The van der Waals surface area contributed by atoms with Gasteiger partial charge in [-0.15, -0.1) is 0 Å². The minimum absolute atomic E-state index is 0.170. The van der Waals surface area contributed by atoms with E-state index >= 15 is 0 Å². The highest BCUT2D eigenvalue weighted by atomic mass is 16.2. The quantitative estimate of drug-likeness (QED) is 0.513. The Bertz CT molecular complexity index is 1220. The molecule has 0 aliphatic carbocycles. The molecule has 0 fully saturated rings. The lowest BCUT2D eigenvalue weighted by atomic mass is 10.1. The molecular formula is C25H21N3O2. The van der Waals surface area contributed by atoms with Crippen LogP contribution in [0.15, 0.2) is 84.9 Å². The van der Waals surface area contributed by atoms with Crippen LogP contribution < -0.4 is 10.6 Å². The minimum atomic E-state index is -0.241. The molecule has 4 rings (SSSR count). The first-order valence-electron chi connectivity index (χ1n) is 9.69. The molecule has 2 amide bonds. The number of nitrogens with zero attached hydrogens (tertiary/aromatic N) is 1. The topological polar surface area (TPSA) is 71.1 Å². The average molecular weight is 395 g/mol. The van der Waals surface area contributed by atoms with Crippen molar-refractivity contribution in [3.8, 4) is 0 Å². The van der Waals surface area contributed by atoms with Gasteiger partial charge in [-0.3, -0.25) is 9.59 Å². The van der Waals surface area contributed by atoms with Crippen LogP contribution in [0.4, 0.5) is 5.69 Å². The lowest BCUT2D eigenvalue weighted by molar-refractivity contribution is 0.0945. The van der Waals surface area contributed by atoms with Crippen molar-refractivity contribution in [1.82, 2.24) is 10.3 Å². The van der Waals surface area contributed by atoms with E-state index in [1.807, 2.05) is 73.7 Å². The monoisotopic (exact) mass is 395 g/mol. The van der Waals surface area contributed by atoms with Gasteiger partial charge in [0, 0.05) is 23.2 Å². The molecule has 148 valence electrons. The molecule has 0 saturated heterocycles. The normalized spacial score (nSPS) is 10.6. The molecule has 1 heterocycles. The Hall–Kier alpha value is -3.99. The van der Waals surface area contributed by atoms with E-state index in [0.717, 1.165) is 22.0 Å². The van der Waals surface area contributed by atoms with Crippen LogP contribution in [-0.4, -0.2) is 16.8 Å². The predicted molar refractivity (Wildman–Crippen MR) is 118 cm³/mol. The van der Waals surface area contributed by atoms with E-state index in [9.17, 15) is 9.59 Å². The van der Waals surface area contributed by atoms with Crippen molar-refractivity contribution in [3.63, 3.8) is 0 Å². The second kappa shape index (κ2) is 8.57. The number of amides is 2. The number of aryl methyl sites for hydroxylation is 1. The van der Waals surface area contributed by atoms with Crippen molar-refractivity contribution >= 4 is 28.4 Å². The number of hydrogen-bond acceptors (Lipinski definition) is 3. The van der Waals surface area contributed by atoms with Gasteiger partial charge in [0.1, 0.15) is 5.69 Å². The highest BCUT2D eigenvalue weighted by Gasteiger charge is 2.09. The summed E-state index contributed by atoms with van der Waals surface area (Å²) in [6.07, 6.45) is 0. The van der Waals surface area contributed by atoms with Gasteiger partial charge in [-0.05, 0) is 48.9 Å². The predicted octanol–water partition coefficient (Wildman–Crippen LogP) is 4.73. The molecule has 0 unspecified atom stereocenters. The van der Waals surface area contributed by atoms with E-state index in [0.29, 0.717) is 23.5 Å². The maximum absolute atomic E-state index is 12.5. The summed E-state index contributed by atoms with van der Waals surface area (Å²) in [5.41, 5.74) is 4.41. The Kier molecular flexibility index (Phi) is 5.52. The van der Waals surface area contributed by atoms with Gasteiger partial charge in [-0.2, -0.15) is 0 Å². The summed E-state index contributed by atoms with van der Waals surface area (Å²) in [7, 11) is 0. The van der Waals surface area contributed by atoms with Crippen molar-refractivity contribution in [2.45, 2.75) is 13.5 Å². The fourth-order valence-corrected chi connectivity index (χ4v) is 3.13. The van der Waals surface area contributed by atoms with E-state index in [-0.39, 0.29) is 11.8 Å². The van der Waals surface area contributed by atoms with E-state index < -0.39 is 0 Å². The third-order valence-corrected chi connectivity index (χ3v) is 4.78. The molecule has 30 heavy (non-hydrogen) atoms. The van der Waals surface area contributed by atoms with Crippen LogP contribution in [0.1, 0.15) is 32.0 Å². The van der Waals surface area contributed by atoms with Gasteiger partial charge >= 0.3 is 0 Å². The standard InChI is InChI=1S/C25H21N3O2/c1-17-9-11-20(12-10-17)24(29)27-21-7-4-5-18(15-21)16-26-25(30)23-14-13-19-6-2-3-8-22(19)28-23/h2-15H,16H2,1H3,(H,26,30)(H,27,29). The third kappa shape index (κ3) is 4.52. The number of nitrogens with one attached hydrogen (secondary N) is 2. The number of anilines is 1. The molecule has 3 aromatic carbocycles. The largest absolute Gasteiger partial charge is 0.347 e. The molecule has 1 aromatic heterocycles. The number of para-hydroxylation sites is 1. The Labute approximate surface area is 174 Å². The minimum Gasteiger partial charge on any atom is -0.347 e. The van der Waals surface area contributed by atoms with Crippen LogP contribution in [0.25, 0.3) is 10.9 Å². The number of hydrogen-bond donors (Lipinski definition) is 2. The molecule has 4 aromatic rings. The molecule has 5 nitrogen and oxygen atoms in total. The SMILES string of the molecule is Cc1ccc(C(=O)Nc2cccc(CNC(=O)c3ccc4ccccc4n3)c2)cc1. The maximum Gasteiger partial charge on any atom is 0.270 e. The van der Waals surface area contributed by atoms with Gasteiger partial charge in [0.15, 0.2) is 0 Å². The van der Waals surface area contributed by atoms with Crippen molar-refractivity contribution in [2.24, 2.45) is 0 Å². The number of benzene rings is 3. The molecule has 5 heteroatoms. The van der Waals surface area contributed by atoms with Crippen LogP contribution in [0, 0.1) is 6.92 Å². The summed E-state index contributed by atoms with van der Waals surface area (Å²) in [5, 5.41) is 6.77. The number of rotatable bonds is 5. The molecule has 0 radical (unpaired) electrons. The van der Waals surface area contributed by atoms with Gasteiger partial charge in [0.2, 0.25) is 0 Å². The zero-order valence-electron chi connectivity index (χ0n) is 16.6. The third-order valence-electron chi connectivity index (χ3n) is 4.78. The maximum atomic E-state index is 12.5. The zero-order valence-corrected chi connectivity index (χ0v) is 16.6. The molecule has 2 N–H and O–H groups in total. The van der Waals surface area contributed by atoms with Gasteiger partial charge in [-0.25, -0.2) is 4.98 Å². The molecular weight excluding hydrogens is 374 g/mol.